The Morgan fingerprint density at radius 3 is 1.53 bits per heavy atom. The van der Waals surface area contributed by atoms with Crippen molar-refractivity contribution in [2.75, 3.05) is 0 Å². The molecule has 0 aromatic rings. The van der Waals surface area contributed by atoms with Crippen LogP contribution in [0.2, 0.25) is 0 Å². The quantitative estimate of drug-likeness (QED) is 0.738. The molecular weight excluding hydrogens is 196 g/mol. The summed E-state index contributed by atoms with van der Waals surface area (Å²) in [6, 6.07) is 0. The molecule has 2 unspecified atom stereocenters. The number of hydrogen-bond donors (Lipinski definition) is 2. The van der Waals surface area contributed by atoms with Gasteiger partial charge in [0.05, 0.1) is 11.8 Å². The molecular formula is C11H18O4. The average molecular weight is 214 g/mol. The molecule has 86 valence electrons. The van der Waals surface area contributed by atoms with Gasteiger partial charge < -0.3 is 10.2 Å². The van der Waals surface area contributed by atoms with E-state index in [0.29, 0.717) is 19.3 Å². The number of aliphatic carboxylic acids is 2. The monoisotopic (exact) mass is 214 g/mol. The van der Waals surface area contributed by atoms with Crippen LogP contribution in [0.25, 0.3) is 0 Å². The van der Waals surface area contributed by atoms with Gasteiger partial charge in [0.1, 0.15) is 0 Å². The van der Waals surface area contributed by atoms with Crippen molar-refractivity contribution in [2.24, 2.45) is 11.8 Å². The Morgan fingerprint density at radius 2 is 1.20 bits per heavy atom. The number of hydrogen-bond acceptors (Lipinski definition) is 2. The second kappa shape index (κ2) is 5.73. The molecule has 2 N–H and O–H groups in total. The zero-order valence-electron chi connectivity index (χ0n) is 8.82. The highest BCUT2D eigenvalue weighted by Gasteiger charge is 2.27. The van der Waals surface area contributed by atoms with Gasteiger partial charge in [-0.25, -0.2) is 0 Å². The van der Waals surface area contributed by atoms with Crippen LogP contribution in [0.5, 0.6) is 0 Å². The van der Waals surface area contributed by atoms with E-state index in [-0.39, 0.29) is 0 Å². The minimum absolute atomic E-state index is 0.296. The van der Waals surface area contributed by atoms with E-state index in [1.165, 1.54) is 0 Å². The van der Waals surface area contributed by atoms with E-state index in [1.54, 1.807) is 0 Å². The molecule has 0 aliphatic heterocycles. The molecule has 1 fully saturated rings. The molecule has 0 bridgehead atoms. The number of carboxylic acids is 2. The molecule has 1 aliphatic carbocycles. The first kappa shape index (κ1) is 12.0. The molecule has 0 radical (unpaired) electrons. The van der Waals surface area contributed by atoms with Gasteiger partial charge >= 0.3 is 11.9 Å². The van der Waals surface area contributed by atoms with Crippen LogP contribution in [0.4, 0.5) is 0 Å². The minimum atomic E-state index is -0.844. The van der Waals surface area contributed by atoms with Gasteiger partial charge in [-0.2, -0.15) is 0 Å². The first-order valence-corrected chi connectivity index (χ1v) is 5.57. The lowest BCUT2D eigenvalue weighted by Gasteiger charge is -2.15. The van der Waals surface area contributed by atoms with Crippen LogP contribution in [-0.2, 0) is 9.59 Å². The third-order valence-electron chi connectivity index (χ3n) is 3.12. The average Bonchev–Trinajstić information content (AvgIpc) is 2.28. The van der Waals surface area contributed by atoms with Crippen molar-refractivity contribution in [1.29, 1.82) is 0 Å². The van der Waals surface area contributed by atoms with E-state index in [9.17, 15) is 9.59 Å². The number of carboxylic acid groups (broad SMARTS) is 2. The molecule has 15 heavy (non-hydrogen) atoms. The fourth-order valence-corrected chi connectivity index (χ4v) is 2.16. The highest BCUT2D eigenvalue weighted by atomic mass is 16.4. The van der Waals surface area contributed by atoms with Crippen LogP contribution in [0.15, 0.2) is 0 Å². The van der Waals surface area contributed by atoms with E-state index in [0.717, 1.165) is 25.7 Å². The lowest BCUT2D eigenvalue weighted by Crippen LogP contribution is -2.22. The molecule has 0 spiro atoms. The minimum Gasteiger partial charge on any atom is -0.481 e. The Balaban J connectivity index is 2.63. The van der Waals surface area contributed by atoms with E-state index >= 15 is 0 Å². The van der Waals surface area contributed by atoms with Gasteiger partial charge in [-0.15, -0.1) is 0 Å². The maximum atomic E-state index is 10.9. The van der Waals surface area contributed by atoms with Gasteiger partial charge in [-0.1, -0.05) is 25.7 Å². The maximum absolute atomic E-state index is 10.9. The summed E-state index contributed by atoms with van der Waals surface area (Å²) >= 11 is 0. The lowest BCUT2D eigenvalue weighted by molar-refractivity contribution is -0.146. The fraction of sp³-hybridized carbons (Fsp3) is 0.818. The molecule has 4 nitrogen and oxygen atoms in total. The van der Waals surface area contributed by atoms with Crippen molar-refractivity contribution in [1.82, 2.24) is 0 Å². The highest BCUT2D eigenvalue weighted by molar-refractivity contribution is 5.73. The molecule has 0 aromatic heterocycles. The standard InChI is InChI=1S/C11H18O4/c12-10(13)8-5-3-1-2-4-6-9(7-8)11(14)15/h8-9H,1-7H2,(H,12,13)(H,14,15). The third kappa shape index (κ3) is 3.90. The highest BCUT2D eigenvalue weighted by Crippen LogP contribution is 2.26. The third-order valence-corrected chi connectivity index (χ3v) is 3.12. The first-order valence-electron chi connectivity index (χ1n) is 5.57. The van der Waals surface area contributed by atoms with Gasteiger partial charge in [0, 0.05) is 0 Å². The first-order chi connectivity index (χ1) is 7.11. The SMILES string of the molecule is O=C(O)C1CCCCCCC(C(=O)O)C1. The fourth-order valence-electron chi connectivity index (χ4n) is 2.16. The van der Waals surface area contributed by atoms with Crippen molar-refractivity contribution < 1.29 is 19.8 Å². The van der Waals surface area contributed by atoms with Gasteiger partial charge in [0.15, 0.2) is 0 Å². The Hall–Kier alpha value is -1.06. The van der Waals surface area contributed by atoms with Crippen LogP contribution in [0, 0.1) is 11.8 Å². The van der Waals surface area contributed by atoms with Crippen LogP contribution in [0.3, 0.4) is 0 Å². The van der Waals surface area contributed by atoms with Crippen molar-refractivity contribution in [3.05, 3.63) is 0 Å². The van der Waals surface area contributed by atoms with Gasteiger partial charge in [-0.3, -0.25) is 9.59 Å². The zero-order valence-corrected chi connectivity index (χ0v) is 8.82. The van der Waals surface area contributed by atoms with Crippen LogP contribution < -0.4 is 0 Å². The molecule has 1 aliphatic rings. The van der Waals surface area contributed by atoms with E-state index in [4.69, 9.17) is 10.2 Å². The van der Waals surface area contributed by atoms with Crippen molar-refractivity contribution in [2.45, 2.75) is 44.9 Å². The second-order valence-electron chi connectivity index (χ2n) is 4.30. The van der Waals surface area contributed by atoms with Gasteiger partial charge in [0.2, 0.25) is 0 Å². The molecule has 0 heterocycles. The molecule has 0 saturated heterocycles. The maximum Gasteiger partial charge on any atom is 0.306 e. The molecule has 0 amide bonds. The smallest absolute Gasteiger partial charge is 0.306 e. The molecule has 1 saturated carbocycles. The summed E-state index contributed by atoms with van der Waals surface area (Å²) in [6.07, 6.45) is 5.40. The molecule has 0 aromatic carbocycles. The summed E-state index contributed by atoms with van der Waals surface area (Å²) in [5.41, 5.74) is 0. The summed E-state index contributed by atoms with van der Waals surface area (Å²) < 4.78 is 0. The number of rotatable bonds is 2. The summed E-state index contributed by atoms with van der Waals surface area (Å²) in [5, 5.41) is 17.9. The van der Waals surface area contributed by atoms with Crippen molar-refractivity contribution in [3.8, 4) is 0 Å². The molecule has 1 rings (SSSR count). The summed E-state index contributed by atoms with van der Waals surface area (Å²) in [5.74, 6) is -2.63. The predicted molar refractivity (Wildman–Crippen MR) is 54.6 cm³/mol. The van der Waals surface area contributed by atoms with Crippen LogP contribution in [-0.4, -0.2) is 22.2 Å². The molecule has 4 heteroatoms. The second-order valence-corrected chi connectivity index (χ2v) is 4.30. The van der Waals surface area contributed by atoms with Crippen molar-refractivity contribution >= 4 is 11.9 Å². The summed E-state index contributed by atoms with van der Waals surface area (Å²) in [4.78, 5) is 21.8. The van der Waals surface area contributed by atoms with E-state index in [1.807, 2.05) is 0 Å². The zero-order chi connectivity index (χ0) is 11.3. The Kier molecular flexibility index (Phi) is 4.59. The van der Waals surface area contributed by atoms with Crippen LogP contribution in [0.1, 0.15) is 44.9 Å². The van der Waals surface area contributed by atoms with Gasteiger partial charge in [0.25, 0.3) is 0 Å². The summed E-state index contributed by atoms with van der Waals surface area (Å²) in [6.45, 7) is 0. The summed E-state index contributed by atoms with van der Waals surface area (Å²) in [7, 11) is 0. The van der Waals surface area contributed by atoms with Crippen molar-refractivity contribution in [3.63, 3.8) is 0 Å². The Morgan fingerprint density at radius 1 is 0.800 bits per heavy atom. The lowest BCUT2D eigenvalue weighted by atomic mass is 9.89. The molecule has 2 atom stereocenters. The predicted octanol–water partition coefficient (Wildman–Crippen LogP) is 2.13. The number of carbonyl (C=O) groups is 2. The normalized spacial score (nSPS) is 28.5. The van der Waals surface area contributed by atoms with E-state index < -0.39 is 23.8 Å². The van der Waals surface area contributed by atoms with Crippen LogP contribution >= 0.6 is 0 Å². The van der Waals surface area contributed by atoms with Gasteiger partial charge in [-0.05, 0) is 19.3 Å². The largest absolute Gasteiger partial charge is 0.481 e. The Labute approximate surface area is 89.3 Å². The van der Waals surface area contributed by atoms with E-state index in [2.05, 4.69) is 0 Å². The Bertz CT molecular complexity index is 213. The topological polar surface area (TPSA) is 74.6 Å².